The van der Waals surface area contributed by atoms with E-state index in [1.165, 1.54) is 23.0 Å². The summed E-state index contributed by atoms with van der Waals surface area (Å²) in [5, 5.41) is 7.33. The van der Waals surface area contributed by atoms with Crippen LogP contribution in [0, 0.1) is 19.7 Å². The average Bonchev–Trinajstić information content (AvgIpc) is 3.10. The number of halogens is 2. The first-order valence-corrected chi connectivity index (χ1v) is 10.8. The Morgan fingerprint density at radius 3 is 2.53 bits per heavy atom. The molecule has 0 fully saturated rings. The van der Waals surface area contributed by atoms with Crippen LogP contribution in [0.4, 0.5) is 10.1 Å². The molecule has 0 saturated heterocycles. The topological polar surface area (TPSA) is 78.3 Å². The maximum atomic E-state index is 13.1. The van der Waals surface area contributed by atoms with Gasteiger partial charge < -0.3 is 14.8 Å². The lowest BCUT2D eigenvalue weighted by Gasteiger charge is -2.11. The number of hydrogen-bond donors (Lipinski definition) is 1. The Morgan fingerprint density at radius 2 is 1.85 bits per heavy atom. The van der Waals surface area contributed by atoms with Crippen LogP contribution in [0.3, 0.4) is 0 Å². The summed E-state index contributed by atoms with van der Waals surface area (Å²) in [6.07, 6.45) is 1.49. The molecule has 2 aromatic carbocycles. The maximum absolute atomic E-state index is 13.1. The third kappa shape index (κ3) is 5.18. The molecule has 0 aliphatic heterocycles. The summed E-state index contributed by atoms with van der Waals surface area (Å²) in [4.78, 5) is 17.1. The van der Waals surface area contributed by atoms with Gasteiger partial charge in [0.1, 0.15) is 11.0 Å². The fraction of sp³-hybridized carbons (Fsp3) is 0.160. The molecule has 0 radical (unpaired) electrons. The van der Waals surface area contributed by atoms with Crippen molar-refractivity contribution in [2.24, 2.45) is 0 Å². The molecule has 1 amide bonds. The van der Waals surface area contributed by atoms with Crippen molar-refractivity contribution in [1.29, 1.82) is 0 Å². The second-order valence-electron chi connectivity index (χ2n) is 7.63. The third-order valence-electron chi connectivity index (χ3n) is 5.07. The fourth-order valence-corrected chi connectivity index (χ4v) is 3.68. The Balaban J connectivity index is 1.46. The quantitative estimate of drug-likeness (QED) is 0.362. The Morgan fingerprint density at radius 1 is 1.09 bits per heavy atom. The molecule has 1 N–H and O–H groups in total. The predicted molar refractivity (Wildman–Crippen MR) is 127 cm³/mol. The Kier molecular flexibility index (Phi) is 6.79. The molecule has 34 heavy (non-hydrogen) atoms. The Bertz CT molecular complexity index is 1320. The van der Waals surface area contributed by atoms with Crippen molar-refractivity contribution in [3.63, 3.8) is 0 Å². The number of anilines is 1. The zero-order chi connectivity index (χ0) is 24.2. The minimum absolute atomic E-state index is 0.193. The van der Waals surface area contributed by atoms with Gasteiger partial charge in [-0.2, -0.15) is 5.10 Å². The van der Waals surface area contributed by atoms with E-state index in [4.69, 9.17) is 21.1 Å². The molecule has 0 unspecified atom stereocenters. The first kappa shape index (κ1) is 23.3. The van der Waals surface area contributed by atoms with Crippen LogP contribution < -0.4 is 14.8 Å². The van der Waals surface area contributed by atoms with Crippen LogP contribution in [0.2, 0.25) is 5.15 Å². The normalized spacial score (nSPS) is 10.7. The molecule has 9 heteroatoms. The second-order valence-corrected chi connectivity index (χ2v) is 7.99. The minimum atomic E-state index is -0.413. The highest BCUT2D eigenvalue weighted by Gasteiger charge is 2.21. The highest BCUT2D eigenvalue weighted by Crippen LogP contribution is 2.31. The molecule has 4 rings (SSSR count). The van der Waals surface area contributed by atoms with Crippen LogP contribution in [-0.2, 0) is 6.54 Å². The minimum Gasteiger partial charge on any atom is -0.493 e. The van der Waals surface area contributed by atoms with E-state index in [1.807, 2.05) is 19.1 Å². The predicted octanol–water partition coefficient (Wildman–Crippen LogP) is 5.79. The van der Waals surface area contributed by atoms with Gasteiger partial charge in [-0.05, 0) is 55.3 Å². The number of pyridine rings is 1. The number of carbonyl (C=O) groups excluding carboxylic acids is 1. The van der Waals surface area contributed by atoms with Crippen LogP contribution in [0.25, 0.3) is 0 Å². The molecular weight excluding hydrogens is 459 g/mol. The maximum Gasteiger partial charge on any atom is 0.260 e. The summed E-state index contributed by atoms with van der Waals surface area (Å²) in [6.45, 7) is 3.97. The molecule has 2 aromatic heterocycles. The lowest BCUT2D eigenvalue weighted by Crippen LogP contribution is -2.13. The standard InChI is InChI=1S/C25H22ClFN4O3/c1-15-4-10-20(21(12-15)33-3)34-22-11-9-19(13-28-22)29-25(32)23-16(2)30-31(24(23)26)14-17-5-7-18(27)8-6-17/h4-13H,14H2,1-3H3,(H,29,32). The van der Waals surface area contributed by atoms with Crippen molar-refractivity contribution in [3.05, 3.63) is 94.1 Å². The third-order valence-corrected chi connectivity index (χ3v) is 5.45. The van der Waals surface area contributed by atoms with Gasteiger partial charge in [-0.25, -0.2) is 14.1 Å². The van der Waals surface area contributed by atoms with Crippen molar-refractivity contribution in [2.75, 3.05) is 12.4 Å². The van der Waals surface area contributed by atoms with Gasteiger partial charge in [0.2, 0.25) is 5.88 Å². The van der Waals surface area contributed by atoms with E-state index in [0.717, 1.165) is 11.1 Å². The molecule has 7 nitrogen and oxygen atoms in total. The Labute approximate surface area is 201 Å². The van der Waals surface area contributed by atoms with E-state index in [1.54, 1.807) is 44.4 Å². The smallest absolute Gasteiger partial charge is 0.260 e. The van der Waals surface area contributed by atoms with E-state index < -0.39 is 5.91 Å². The van der Waals surface area contributed by atoms with Crippen molar-refractivity contribution in [2.45, 2.75) is 20.4 Å². The zero-order valence-electron chi connectivity index (χ0n) is 18.8. The van der Waals surface area contributed by atoms with E-state index in [-0.39, 0.29) is 16.5 Å². The molecule has 0 spiro atoms. The summed E-state index contributed by atoms with van der Waals surface area (Å²) in [5.74, 6) is 0.745. The highest BCUT2D eigenvalue weighted by atomic mass is 35.5. The van der Waals surface area contributed by atoms with Gasteiger partial charge in [0.05, 0.1) is 36.8 Å². The van der Waals surface area contributed by atoms with Crippen molar-refractivity contribution in [1.82, 2.24) is 14.8 Å². The van der Waals surface area contributed by atoms with Crippen molar-refractivity contribution in [3.8, 4) is 17.4 Å². The number of aryl methyl sites for hydroxylation is 2. The molecule has 4 aromatic rings. The number of rotatable bonds is 7. The van der Waals surface area contributed by atoms with E-state index in [2.05, 4.69) is 15.4 Å². The molecule has 0 aliphatic rings. The highest BCUT2D eigenvalue weighted by molar-refractivity contribution is 6.33. The van der Waals surface area contributed by atoms with Crippen LogP contribution in [0.5, 0.6) is 17.4 Å². The fourth-order valence-electron chi connectivity index (χ4n) is 3.36. The molecule has 174 valence electrons. The summed E-state index contributed by atoms with van der Waals surface area (Å²) in [5.41, 5.74) is 3.06. The molecule has 0 saturated carbocycles. The molecule has 0 atom stereocenters. The van der Waals surface area contributed by atoms with E-state index in [9.17, 15) is 9.18 Å². The van der Waals surface area contributed by atoms with Crippen LogP contribution in [0.15, 0.2) is 60.8 Å². The number of hydrogen-bond acceptors (Lipinski definition) is 5. The van der Waals surface area contributed by atoms with Crippen molar-refractivity contribution >= 4 is 23.2 Å². The van der Waals surface area contributed by atoms with Gasteiger partial charge in [-0.3, -0.25) is 4.79 Å². The molecule has 0 aliphatic carbocycles. The number of nitrogens with zero attached hydrogens (tertiary/aromatic N) is 3. The van der Waals surface area contributed by atoms with E-state index >= 15 is 0 Å². The van der Waals surface area contributed by atoms with Gasteiger partial charge >= 0.3 is 0 Å². The number of ether oxygens (including phenoxy) is 2. The summed E-state index contributed by atoms with van der Waals surface area (Å²) in [6, 6.07) is 14.9. The monoisotopic (exact) mass is 480 g/mol. The first-order valence-electron chi connectivity index (χ1n) is 10.4. The van der Waals surface area contributed by atoms with E-state index in [0.29, 0.717) is 35.3 Å². The van der Waals surface area contributed by atoms with Gasteiger partial charge in [0.25, 0.3) is 5.91 Å². The first-order chi connectivity index (χ1) is 16.3. The molecule has 0 bridgehead atoms. The lowest BCUT2D eigenvalue weighted by molar-refractivity contribution is 0.102. The number of carbonyl (C=O) groups is 1. The van der Waals surface area contributed by atoms with Crippen LogP contribution in [0.1, 0.15) is 27.2 Å². The number of benzene rings is 2. The lowest BCUT2D eigenvalue weighted by atomic mass is 10.2. The molecule has 2 heterocycles. The Hall–Kier alpha value is -3.91. The van der Waals surface area contributed by atoms with Gasteiger partial charge in [-0.15, -0.1) is 0 Å². The van der Waals surface area contributed by atoms with Crippen molar-refractivity contribution < 1.29 is 18.7 Å². The average molecular weight is 481 g/mol. The van der Waals surface area contributed by atoms with Crippen LogP contribution in [-0.4, -0.2) is 27.8 Å². The number of aromatic nitrogens is 3. The number of methoxy groups -OCH3 is 1. The molecular formula is C25H22ClFN4O3. The van der Waals surface area contributed by atoms with Crippen LogP contribution >= 0.6 is 11.6 Å². The SMILES string of the molecule is COc1cc(C)ccc1Oc1ccc(NC(=O)c2c(C)nn(Cc3ccc(F)cc3)c2Cl)cn1. The second kappa shape index (κ2) is 9.93. The zero-order valence-corrected chi connectivity index (χ0v) is 19.6. The van der Waals surface area contributed by atoms with Gasteiger partial charge in [-0.1, -0.05) is 29.8 Å². The largest absolute Gasteiger partial charge is 0.493 e. The van der Waals surface area contributed by atoms with Gasteiger partial charge in [0, 0.05) is 6.07 Å². The van der Waals surface area contributed by atoms with Gasteiger partial charge in [0.15, 0.2) is 11.5 Å². The number of nitrogens with one attached hydrogen (secondary N) is 1. The number of amides is 1. The summed E-state index contributed by atoms with van der Waals surface area (Å²) >= 11 is 6.45. The summed E-state index contributed by atoms with van der Waals surface area (Å²) < 4.78 is 25.8. The summed E-state index contributed by atoms with van der Waals surface area (Å²) in [7, 11) is 1.57.